The van der Waals surface area contributed by atoms with E-state index in [9.17, 15) is 14.7 Å². The van der Waals surface area contributed by atoms with Crippen LogP contribution in [-0.2, 0) is 25.6 Å². The Bertz CT molecular complexity index is 537. The predicted molar refractivity (Wildman–Crippen MR) is 102 cm³/mol. The third kappa shape index (κ3) is 9.96. The summed E-state index contributed by atoms with van der Waals surface area (Å²) in [7, 11) is 0. The summed E-state index contributed by atoms with van der Waals surface area (Å²) in [5, 5.41) is 12.0. The Balaban J connectivity index is 2.55. The van der Waals surface area contributed by atoms with E-state index in [1.807, 2.05) is 44.2 Å². The molecule has 0 aliphatic heterocycles. The number of benzene rings is 1. The maximum atomic E-state index is 11.9. The Labute approximate surface area is 161 Å². The molecule has 2 atom stereocenters. The van der Waals surface area contributed by atoms with Gasteiger partial charge in [-0.1, -0.05) is 57.0 Å². The highest BCUT2D eigenvalue weighted by Crippen LogP contribution is 2.08. The predicted octanol–water partition coefficient (Wildman–Crippen LogP) is 3.37. The lowest BCUT2D eigenvalue weighted by molar-refractivity contribution is -0.162. The van der Waals surface area contributed by atoms with Crippen molar-refractivity contribution in [3.63, 3.8) is 0 Å². The van der Waals surface area contributed by atoms with Crippen LogP contribution in [0.15, 0.2) is 30.3 Å². The molecule has 152 valence electrons. The van der Waals surface area contributed by atoms with Gasteiger partial charge in [0.25, 0.3) is 0 Å². The van der Waals surface area contributed by atoms with Gasteiger partial charge in [0, 0.05) is 13.2 Å². The monoisotopic (exact) mass is 381 g/mol. The van der Waals surface area contributed by atoms with Gasteiger partial charge in [0.05, 0.1) is 6.54 Å². The number of carboxylic acids is 1. The number of unbranched alkanes of at least 4 members (excludes halogenated alkanes) is 2. The summed E-state index contributed by atoms with van der Waals surface area (Å²) < 4.78 is 16.3. The molecule has 1 aromatic rings. The van der Waals surface area contributed by atoms with Crippen molar-refractivity contribution in [2.45, 2.75) is 58.3 Å². The standard InChI is InChI=1S/C20H31NO6/c1-3-5-12-25-17(18(19(22)23)26-13-6-4-2)14-21-20(24)27-15-16-10-8-7-9-11-16/h7-11,17-18H,3-6,12-15H2,1-2H3,(H,21,24)(H,22,23)/t17-,18+/m1/s1. The minimum atomic E-state index is -1.14. The van der Waals surface area contributed by atoms with E-state index in [4.69, 9.17) is 14.2 Å². The molecule has 7 nitrogen and oxygen atoms in total. The van der Waals surface area contributed by atoms with Gasteiger partial charge < -0.3 is 24.6 Å². The second-order valence-corrected chi connectivity index (χ2v) is 6.19. The molecule has 1 amide bonds. The summed E-state index contributed by atoms with van der Waals surface area (Å²) in [6, 6.07) is 9.31. The molecule has 27 heavy (non-hydrogen) atoms. The molecule has 0 bridgehead atoms. The van der Waals surface area contributed by atoms with E-state index in [0.29, 0.717) is 13.2 Å². The molecule has 0 aliphatic carbocycles. The number of carbonyl (C=O) groups excluding carboxylic acids is 1. The number of amides is 1. The van der Waals surface area contributed by atoms with Crippen LogP contribution in [-0.4, -0.2) is 49.1 Å². The summed E-state index contributed by atoms with van der Waals surface area (Å²) in [5.41, 5.74) is 0.870. The molecule has 0 heterocycles. The average Bonchev–Trinajstić information content (AvgIpc) is 2.67. The van der Waals surface area contributed by atoms with Gasteiger partial charge in [-0.05, 0) is 18.4 Å². The third-order valence-electron chi connectivity index (χ3n) is 3.87. The molecule has 0 unspecified atom stereocenters. The fourth-order valence-corrected chi connectivity index (χ4v) is 2.28. The van der Waals surface area contributed by atoms with Crippen molar-refractivity contribution in [3.05, 3.63) is 35.9 Å². The maximum Gasteiger partial charge on any atom is 0.407 e. The van der Waals surface area contributed by atoms with E-state index in [0.717, 1.165) is 31.2 Å². The van der Waals surface area contributed by atoms with Crippen LogP contribution in [0.1, 0.15) is 45.1 Å². The van der Waals surface area contributed by atoms with Crippen LogP contribution in [0.3, 0.4) is 0 Å². The Morgan fingerprint density at radius 2 is 1.67 bits per heavy atom. The van der Waals surface area contributed by atoms with Crippen LogP contribution >= 0.6 is 0 Å². The van der Waals surface area contributed by atoms with Crippen molar-refractivity contribution >= 4 is 12.1 Å². The first kappa shape index (κ1) is 22.9. The Kier molecular flexibility index (Phi) is 11.9. The SMILES string of the molecule is CCCCO[C@H](C(=O)O)[C@@H](CNC(=O)OCc1ccccc1)OCCCC. The smallest absolute Gasteiger partial charge is 0.407 e. The van der Waals surface area contributed by atoms with Crippen molar-refractivity contribution in [3.8, 4) is 0 Å². The van der Waals surface area contributed by atoms with E-state index in [1.165, 1.54) is 0 Å². The highest BCUT2D eigenvalue weighted by Gasteiger charge is 2.30. The van der Waals surface area contributed by atoms with Gasteiger partial charge in [0.15, 0.2) is 6.10 Å². The molecule has 0 radical (unpaired) electrons. The molecular weight excluding hydrogens is 350 g/mol. The third-order valence-corrected chi connectivity index (χ3v) is 3.87. The van der Waals surface area contributed by atoms with Crippen LogP contribution in [0.25, 0.3) is 0 Å². The number of alkyl carbamates (subject to hydrolysis) is 1. The fraction of sp³-hybridized carbons (Fsp3) is 0.600. The summed E-state index contributed by atoms with van der Waals surface area (Å²) in [5.74, 6) is -1.10. The number of ether oxygens (including phenoxy) is 3. The van der Waals surface area contributed by atoms with Crippen molar-refractivity contribution in [2.75, 3.05) is 19.8 Å². The number of carboxylic acid groups (broad SMARTS) is 1. The first-order valence-electron chi connectivity index (χ1n) is 9.49. The topological polar surface area (TPSA) is 94.1 Å². The molecule has 1 aromatic carbocycles. The molecule has 7 heteroatoms. The number of hydrogen-bond donors (Lipinski definition) is 2. The molecule has 0 aromatic heterocycles. The first-order valence-corrected chi connectivity index (χ1v) is 9.49. The van der Waals surface area contributed by atoms with Gasteiger partial charge in [0.2, 0.25) is 0 Å². The van der Waals surface area contributed by atoms with Crippen molar-refractivity contribution < 1.29 is 28.9 Å². The van der Waals surface area contributed by atoms with Crippen LogP contribution in [0.4, 0.5) is 4.79 Å². The number of hydrogen-bond acceptors (Lipinski definition) is 5. The number of rotatable bonds is 14. The van der Waals surface area contributed by atoms with Crippen LogP contribution in [0.2, 0.25) is 0 Å². The summed E-state index contributed by atoms with van der Waals surface area (Å²) in [4.78, 5) is 23.5. The Morgan fingerprint density at radius 1 is 1.04 bits per heavy atom. The number of nitrogens with one attached hydrogen (secondary N) is 1. The van der Waals surface area contributed by atoms with E-state index >= 15 is 0 Å². The van der Waals surface area contributed by atoms with Gasteiger partial charge in [-0.2, -0.15) is 0 Å². The molecular formula is C20H31NO6. The lowest BCUT2D eigenvalue weighted by Gasteiger charge is -2.25. The number of carbonyl (C=O) groups is 2. The number of aliphatic carboxylic acids is 1. The Morgan fingerprint density at radius 3 is 2.26 bits per heavy atom. The van der Waals surface area contributed by atoms with E-state index in [-0.39, 0.29) is 13.2 Å². The summed E-state index contributed by atoms with van der Waals surface area (Å²) in [6.07, 6.45) is 0.846. The zero-order chi connectivity index (χ0) is 19.9. The Hall–Kier alpha value is -2.12. The quantitative estimate of drug-likeness (QED) is 0.480. The van der Waals surface area contributed by atoms with Gasteiger partial charge in [0.1, 0.15) is 12.7 Å². The summed E-state index contributed by atoms with van der Waals surface area (Å²) >= 11 is 0. The molecule has 0 fully saturated rings. The van der Waals surface area contributed by atoms with Crippen LogP contribution in [0, 0.1) is 0 Å². The second kappa shape index (κ2) is 14.0. The van der Waals surface area contributed by atoms with Crippen LogP contribution in [0.5, 0.6) is 0 Å². The van der Waals surface area contributed by atoms with Crippen molar-refractivity contribution in [2.24, 2.45) is 0 Å². The lowest BCUT2D eigenvalue weighted by atomic mass is 10.2. The molecule has 0 spiro atoms. The zero-order valence-electron chi connectivity index (χ0n) is 16.2. The zero-order valence-corrected chi connectivity index (χ0v) is 16.2. The highest BCUT2D eigenvalue weighted by atomic mass is 16.6. The van der Waals surface area contributed by atoms with Gasteiger partial charge >= 0.3 is 12.1 Å². The lowest BCUT2D eigenvalue weighted by Crippen LogP contribution is -2.46. The molecule has 0 aliphatic rings. The molecule has 0 saturated heterocycles. The van der Waals surface area contributed by atoms with Crippen molar-refractivity contribution in [1.82, 2.24) is 5.32 Å². The summed E-state index contributed by atoms with van der Waals surface area (Å²) in [6.45, 7) is 4.90. The van der Waals surface area contributed by atoms with Gasteiger partial charge in [-0.3, -0.25) is 0 Å². The van der Waals surface area contributed by atoms with E-state index < -0.39 is 24.3 Å². The maximum absolute atomic E-state index is 11.9. The largest absolute Gasteiger partial charge is 0.479 e. The van der Waals surface area contributed by atoms with Crippen molar-refractivity contribution in [1.29, 1.82) is 0 Å². The average molecular weight is 381 g/mol. The fourth-order valence-electron chi connectivity index (χ4n) is 2.28. The van der Waals surface area contributed by atoms with Gasteiger partial charge in [-0.25, -0.2) is 9.59 Å². The second-order valence-electron chi connectivity index (χ2n) is 6.19. The minimum Gasteiger partial charge on any atom is -0.479 e. The molecule has 0 saturated carbocycles. The first-order chi connectivity index (χ1) is 13.1. The highest BCUT2D eigenvalue weighted by molar-refractivity contribution is 5.73. The molecule has 2 N–H and O–H groups in total. The van der Waals surface area contributed by atoms with E-state index in [1.54, 1.807) is 0 Å². The van der Waals surface area contributed by atoms with E-state index in [2.05, 4.69) is 5.32 Å². The van der Waals surface area contributed by atoms with Gasteiger partial charge in [-0.15, -0.1) is 0 Å². The normalized spacial score (nSPS) is 13.0. The minimum absolute atomic E-state index is 0.000426. The van der Waals surface area contributed by atoms with Crippen LogP contribution < -0.4 is 5.32 Å². The molecule has 1 rings (SSSR count).